The van der Waals surface area contributed by atoms with Gasteiger partial charge in [-0.05, 0) is 42.8 Å². The SMILES string of the molecule is C[C@H](NC(=O)COC(=O)c1ccc(Cl)cc1)c1ccccc1Br. The molecule has 0 saturated carbocycles. The first-order valence-electron chi connectivity index (χ1n) is 6.94. The smallest absolute Gasteiger partial charge is 0.338 e. The average Bonchev–Trinajstić information content (AvgIpc) is 2.53. The van der Waals surface area contributed by atoms with Crippen LogP contribution in [0, 0.1) is 0 Å². The van der Waals surface area contributed by atoms with Crippen molar-refractivity contribution in [1.29, 1.82) is 0 Å². The number of rotatable bonds is 5. The second-order valence-corrected chi connectivity index (χ2v) is 6.18. The van der Waals surface area contributed by atoms with Crippen molar-refractivity contribution >= 4 is 39.4 Å². The Morgan fingerprint density at radius 3 is 2.48 bits per heavy atom. The second kappa shape index (κ2) is 8.13. The van der Waals surface area contributed by atoms with E-state index >= 15 is 0 Å². The second-order valence-electron chi connectivity index (χ2n) is 4.89. The quantitative estimate of drug-likeness (QED) is 0.773. The first-order chi connectivity index (χ1) is 11.0. The molecule has 2 aromatic rings. The van der Waals surface area contributed by atoms with Gasteiger partial charge < -0.3 is 10.1 Å². The van der Waals surface area contributed by atoms with Crippen LogP contribution in [0.2, 0.25) is 5.02 Å². The molecule has 0 radical (unpaired) electrons. The molecule has 0 unspecified atom stereocenters. The number of halogens is 2. The van der Waals surface area contributed by atoms with Gasteiger partial charge >= 0.3 is 5.97 Å². The maximum atomic E-state index is 11.9. The van der Waals surface area contributed by atoms with Crippen molar-refractivity contribution in [2.45, 2.75) is 13.0 Å². The topological polar surface area (TPSA) is 55.4 Å². The molecule has 0 aliphatic heterocycles. The van der Waals surface area contributed by atoms with Gasteiger partial charge in [-0.25, -0.2) is 4.79 Å². The fourth-order valence-corrected chi connectivity index (χ4v) is 2.74. The number of hydrogen-bond acceptors (Lipinski definition) is 3. The predicted molar refractivity (Wildman–Crippen MR) is 92.4 cm³/mol. The Balaban J connectivity index is 1.86. The maximum absolute atomic E-state index is 11.9. The fourth-order valence-electron chi connectivity index (χ4n) is 1.99. The Morgan fingerprint density at radius 2 is 1.83 bits per heavy atom. The molecule has 0 fully saturated rings. The van der Waals surface area contributed by atoms with Gasteiger partial charge in [0.15, 0.2) is 6.61 Å². The summed E-state index contributed by atoms with van der Waals surface area (Å²) >= 11 is 9.19. The van der Waals surface area contributed by atoms with Crippen molar-refractivity contribution in [2.24, 2.45) is 0 Å². The molecule has 1 amide bonds. The van der Waals surface area contributed by atoms with Crippen molar-refractivity contribution in [2.75, 3.05) is 6.61 Å². The largest absolute Gasteiger partial charge is 0.452 e. The number of ether oxygens (including phenoxy) is 1. The van der Waals surface area contributed by atoms with Gasteiger partial charge in [0.25, 0.3) is 5.91 Å². The zero-order chi connectivity index (χ0) is 16.8. The van der Waals surface area contributed by atoms with E-state index < -0.39 is 5.97 Å². The van der Waals surface area contributed by atoms with Crippen molar-refractivity contribution in [3.8, 4) is 0 Å². The number of benzene rings is 2. The third-order valence-corrected chi connectivity index (χ3v) is 4.14. The summed E-state index contributed by atoms with van der Waals surface area (Å²) in [6.45, 7) is 1.52. The highest BCUT2D eigenvalue weighted by Crippen LogP contribution is 2.22. The van der Waals surface area contributed by atoms with E-state index in [0.29, 0.717) is 10.6 Å². The maximum Gasteiger partial charge on any atom is 0.338 e. The van der Waals surface area contributed by atoms with E-state index in [1.165, 1.54) is 0 Å². The highest BCUT2D eigenvalue weighted by Gasteiger charge is 2.14. The minimum Gasteiger partial charge on any atom is -0.452 e. The zero-order valence-corrected chi connectivity index (χ0v) is 14.7. The number of carbonyl (C=O) groups is 2. The van der Waals surface area contributed by atoms with Crippen molar-refractivity contribution < 1.29 is 14.3 Å². The van der Waals surface area contributed by atoms with E-state index in [1.807, 2.05) is 31.2 Å². The molecule has 120 valence electrons. The van der Waals surface area contributed by atoms with Crippen LogP contribution in [0.1, 0.15) is 28.9 Å². The molecule has 2 aromatic carbocycles. The lowest BCUT2D eigenvalue weighted by Crippen LogP contribution is -2.31. The molecule has 2 rings (SSSR count). The van der Waals surface area contributed by atoms with Crippen LogP contribution in [0.4, 0.5) is 0 Å². The Hall–Kier alpha value is -1.85. The van der Waals surface area contributed by atoms with Crippen LogP contribution in [-0.4, -0.2) is 18.5 Å². The molecule has 23 heavy (non-hydrogen) atoms. The Morgan fingerprint density at radius 1 is 1.17 bits per heavy atom. The highest BCUT2D eigenvalue weighted by atomic mass is 79.9. The van der Waals surface area contributed by atoms with E-state index in [-0.39, 0.29) is 18.6 Å². The van der Waals surface area contributed by atoms with Gasteiger partial charge in [-0.1, -0.05) is 45.7 Å². The highest BCUT2D eigenvalue weighted by molar-refractivity contribution is 9.10. The van der Waals surface area contributed by atoms with Gasteiger partial charge in [-0.3, -0.25) is 4.79 Å². The van der Waals surface area contributed by atoms with E-state index in [9.17, 15) is 9.59 Å². The van der Waals surface area contributed by atoms with Crippen LogP contribution >= 0.6 is 27.5 Å². The van der Waals surface area contributed by atoms with E-state index in [2.05, 4.69) is 21.2 Å². The molecule has 0 aliphatic rings. The van der Waals surface area contributed by atoms with Crippen molar-refractivity contribution in [3.63, 3.8) is 0 Å². The van der Waals surface area contributed by atoms with E-state index in [0.717, 1.165) is 10.0 Å². The Labute approximate surface area is 147 Å². The van der Waals surface area contributed by atoms with Gasteiger partial charge in [0, 0.05) is 9.50 Å². The Bertz CT molecular complexity index is 703. The Kier molecular flexibility index (Phi) is 6.19. The summed E-state index contributed by atoms with van der Waals surface area (Å²) in [4.78, 5) is 23.7. The third kappa shape index (κ3) is 5.08. The van der Waals surface area contributed by atoms with E-state index in [4.69, 9.17) is 16.3 Å². The lowest BCUT2D eigenvalue weighted by molar-refractivity contribution is -0.124. The molecule has 0 aliphatic carbocycles. The fraction of sp³-hybridized carbons (Fsp3) is 0.176. The average molecular weight is 397 g/mol. The molecule has 1 atom stereocenters. The standard InChI is InChI=1S/C17H15BrClNO3/c1-11(14-4-2-3-5-15(14)18)20-16(21)10-23-17(22)12-6-8-13(19)9-7-12/h2-9,11H,10H2,1H3,(H,20,21)/t11-/m0/s1. The number of hydrogen-bond donors (Lipinski definition) is 1. The van der Waals surface area contributed by atoms with Crippen LogP contribution in [0.25, 0.3) is 0 Å². The normalized spacial score (nSPS) is 11.6. The molecule has 0 aromatic heterocycles. The summed E-state index contributed by atoms with van der Waals surface area (Å²) in [5.74, 6) is -0.930. The zero-order valence-electron chi connectivity index (χ0n) is 12.4. The molecule has 1 N–H and O–H groups in total. The molecule has 0 saturated heterocycles. The molecular weight excluding hydrogens is 382 g/mol. The molecule has 4 nitrogen and oxygen atoms in total. The first kappa shape index (κ1) is 17.5. The van der Waals surface area contributed by atoms with Crippen molar-refractivity contribution in [3.05, 3.63) is 69.2 Å². The number of esters is 1. The molecule has 0 bridgehead atoms. The minimum atomic E-state index is -0.564. The number of amides is 1. The van der Waals surface area contributed by atoms with Crippen LogP contribution in [0.5, 0.6) is 0 Å². The molecular formula is C17H15BrClNO3. The number of carbonyl (C=O) groups excluding carboxylic acids is 2. The van der Waals surface area contributed by atoms with Gasteiger partial charge in [-0.15, -0.1) is 0 Å². The first-order valence-corrected chi connectivity index (χ1v) is 8.11. The lowest BCUT2D eigenvalue weighted by Gasteiger charge is -2.15. The molecule has 0 heterocycles. The number of nitrogens with one attached hydrogen (secondary N) is 1. The van der Waals surface area contributed by atoms with E-state index in [1.54, 1.807) is 24.3 Å². The van der Waals surface area contributed by atoms with Gasteiger partial charge in [0.05, 0.1) is 11.6 Å². The van der Waals surface area contributed by atoms with Crippen LogP contribution in [0.15, 0.2) is 53.0 Å². The van der Waals surface area contributed by atoms with Crippen molar-refractivity contribution in [1.82, 2.24) is 5.32 Å². The lowest BCUT2D eigenvalue weighted by atomic mass is 10.1. The molecule has 6 heteroatoms. The van der Waals surface area contributed by atoms with Gasteiger partial charge in [0.2, 0.25) is 0 Å². The molecule has 0 spiro atoms. The van der Waals surface area contributed by atoms with Crippen LogP contribution < -0.4 is 5.32 Å². The predicted octanol–water partition coefficient (Wildman–Crippen LogP) is 4.14. The van der Waals surface area contributed by atoms with Crippen LogP contribution in [0.3, 0.4) is 0 Å². The van der Waals surface area contributed by atoms with Gasteiger partial charge in [0.1, 0.15) is 0 Å². The van der Waals surface area contributed by atoms with Gasteiger partial charge in [-0.2, -0.15) is 0 Å². The summed E-state index contributed by atoms with van der Waals surface area (Å²) in [5, 5.41) is 3.31. The summed E-state index contributed by atoms with van der Waals surface area (Å²) in [7, 11) is 0. The third-order valence-electron chi connectivity index (χ3n) is 3.16. The summed E-state index contributed by atoms with van der Waals surface area (Å²) < 4.78 is 5.90. The summed E-state index contributed by atoms with van der Waals surface area (Å²) in [6.07, 6.45) is 0. The summed E-state index contributed by atoms with van der Waals surface area (Å²) in [6, 6.07) is 13.7. The summed E-state index contributed by atoms with van der Waals surface area (Å²) in [5.41, 5.74) is 1.30. The minimum absolute atomic E-state index is 0.202. The van der Waals surface area contributed by atoms with Crippen LogP contribution in [-0.2, 0) is 9.53 Å². The monoisotopic (exact) mass is 395 g/mol.